The highest BCUT2D eigenvalue weighted by molar-refractivity contribution is 5.94. The SMILES string of the molecule is O=C(CN1CCN(Cc2ccccn2)CC1)Nc1cc(C(F)(F)F)ccc1-n1cncn1. The first kappa shape index (κ1) is 21.9. The number of nitrogens with one attached hydrogen (secondary N) is 1. The van der Waals surface area contributed by atoms with Crippen molar-refractivity contribution < 1.29 is 18.0 Å². The van der Waals surface area contributed by atoms with E-state index in [9.17, 15) is 18.0 Å². The predicted molar refractivity (Wildman–Crippen MR) is 111 cm³/mol. The van der Waals surface area contributed by atoms with E-state index >= 15 is 0 Å². The Morgan fingerprint density at radius 1 is 1.06 bits per heavy atom. The van der Waals surface area contributed by atoms with Crippen molar-refractivity contribution in [2.45, 2.75) is 12.7 Å². The zero-order chi connectivity index (χ0) is 22.6. The fraction of sp³-hybridized carbons (Fsp3) is 0.333. The van der Waals surface area contributed by atoms with Gasteiger partial charge in [-0.1, -0.05) is 6.07 Å². The molecule has 1 aromatic carbocycles. The maximum atomic E-state index is 13.2. The van der Waals surface area contributed by atoms with Gasteiger partial charge in [-0.15, -0.1) is 0 Å². The molecule has 8 nitrogen and oxygen atoms in total. The number of anilines is 1. The lowest BCUT2D eigenvalue weighted by atomic mass is 10.1. The van der Waals surface area contributed by atoms with Crippen molar-refractivity contribution in [2.75, 3.05) is 38.0 Å². The zero-order valence-electron chi connectivity index (χ0n) is 17.2. The van der Waals surface area contributed by atoms with Gasteiger partial charge >= 0.3 is 6.18 Å². The normalized spacial score (nSPS) is 15.6. The van der Waals surface area contributed by atoms with Crippen LogP contribution in [-0.4, -0.2) is 68.2 Å². The van der Waals surface area contributed by atoms with Gasteiger partial charge in [0.2, 0.25) is 5.91 Å². The summed E-state index contributed by atoms with van der Waals surface area (Å²) in [6, 6.07) is 8.93. The molecule has 0 saturated carbocycles. The van der Waals surface area contributed by atoms with Crippen molar-refractivity contribution in [1.82, 2.24) is 29.5 Å². The number of hydrogen-bond acceptors (Lipinski definition) is 6. The number of carbonyl (C=O) groups is 1. The summed E-state index contributed by atoms with van der Waals surface area (Å²) in [5, 5.41) is 6.57. The van der Waals surface area contributed by atoms with Gasteiger partial charge in [-0.25, -0.2) is 9.67 Å². The van der Waals surface area contributed by atoms with Gasteiger partial charge in [0, 0.05) is 38.9 Å². The van der Waals surface area contributed by atoms with Gasteiger partial charge in [-0.05, 0) is 30.3 Å². The first-order valence-corrected chi connectivity index (χ1v) is 10.1. The minimum absolute atomic E-state index is 0.0316. The van der Waals surface area contributed by atoms with E-state index < -0.39 is 11.7 Å². The number of hydrogen-bond donors (Lipinski definition) is 1. The molecule has 11 heteroatoms. The first-order valence-electron chi connectivity index (χ1n) is 10.1. The highest BCUT2D eigenvalue weighted by Crippen LogP contribution is 2.33. The van der Waals surface area contributed by atoms with Gasteiger partial charge < -0.3 is 5.32 Å². The minimum Gasteiger partial charge on any atom is -0.323 e. The second-order valence-corrected chi connectivity index (χ2v) is 7.49. The Morgan fingerprint density at radius 3 is 2.50 bits per heavy atom. The zero-order valence-corrected chi connectivity index (χ0v) is 17.2. The van der Waals surface area contributed by atoms with Gasteiger partial charge in [-0.2, -0.15) is 18.3 Å². The molecule has 1 aliphatic heterocycles. The van der Waals surface area contributed by atoms with E-state index in [2.05, 4.69) is 25.3 Å². The van der Waals surface area contributed by atoms with E-state index in [0.717, 1.165) is 37.5 Å². The first-order chi connectivity index (χ1) is 15.4. The molecule has 3 aromatic rings. The number of nitrogens with zero attached hydrogens (tertiary/aromatic N) is 6. The molecule has 0 radical (unpaired) electrons. The molecule has 1 amide bonds. The molecule has 32 heavy (non-hydrogen) atoms. The Hall–Kier alpha value is -3.31. The maximum Gasteiger partial charge on any atom is 0.416 e. The van der Waals surface area contributed by atoms with Crippen molar-refractivity contribution in [2.24, 2.45) is 0 Å². The average molecular weight is 445 g/mol. The summed E-state index contributed by atoms with van der Waals surface area (Å²) in [6.07, 6.45) is -0.131. The molecule has 168 valence electrons. The van der Waals surface area contributed by atoms with E-state index in [1.54, 1.807) is 6.20 Å². The molecule has 4 rings (SSSR count). The Kier molecular flexibility index (Phi) is 6.47. The summed E-state index contributed by atoms with van der Waals surface area (Å²) < 4.78 is 40.9. The number of halogens is 3. The van der Waals surface area contributed by atoms with Gasteiger partial charge in [0.25, 0.3) is 0 Å². The van der Waals surface area contributed by atoms with Crippen LogP contribution in [-0.2, 0) is 17.5 Å². The quantitative estimate of drug-likeness (QED) is 0.628. The smallest absolute Gasteiger partial charge is 0.323 e. The van der Waals surface area contributed by atoms with Crippen LogP contribution in [0.3, 0.4) is 0 Å². The second kappa shape index (κ2) is 9.45. The molecule has 3 heterocycles. The topological polar surface area (TPSA) is 79.2 Å². The van der Waals surface area contributed by atoms with Gasteiger partial charge in [-0.3, -0.25) is 19.6 Å². The van der Waals surface area contributed by atoms with Crippen molar-refractivity contribution in [3.05, 3.63) is 66.5 Å². The Morgan fingerprint density at radius 2 is 1.84 bits per heavy atom. The molecule has 2 aromatic heterocycles. The molecule has 1 N–H and O–H groups in total. The third-order valence-corrected chi connectivity index (χ3v) is 5.21. The molecular formula is C21H22F3N7O. The number of benzene rings is 1. The standard InChI is InChI=1S/C21H22F3N7O/c22-21(23,24)16-4-5-19(31-15-25-14-27-31)18(11-16)28-20(32)13-30-9-7-29(8-10-30)12-17-3-1-2-6-26-17/h1-6,11,14-15H,7-10,12-13H2,(H,28,32). The van der Waals surface area contributed by atoms with Crippen LogP contribution in [0, 0.1) is 0 Å². The van der Waals surface area contributed by atoms with Crippen LogP contribution >= 0.6 is 0 Å². The van der Waals surface area contributed by atoms with E-state index in [4.69, 9.17) is 0 Å². The lowest BCUT2D eigenvalue weighted by molar-refractivity contribution is -0.137. The van der Waals surface area contributed by atoms with Gasteiger partial charge in [0.15, 0.2) is 0 Å². The Bertz CT molecular complexity index is 1030. The second-order valence-electron chi connectivity index (χ2n) is 7.49. The Labute approximate surface area is 182 Å². The summed E-state index contributed by atoms with van der Waals surface area (Å²) in [6.45, 7) is 3.74. The number of aromatic nitrogens is 4. The molecule has 1 aliphatic rings. The number of amides is 1. The number of pyridine rings is 1. The molecule has 0 bridgehead atoms. The van der Waals surface area contributed by atoms with Crippen molar-refractivity contribution >= 4 is 11.6 Å². The van der Waals surface area contributed by atoms with Crippen LogP contribution in [0.5, 0.6) is 0 Å². The highest BCUT2D eigenvalue weighted by atomic mass is 19.4. The van der Waals surface area contributed by atoms with Crippen LogP contribution in [0.2, 0.25) is 0 Å². The van der Waals surface area contributed by atoms with Crippen LogP contribution in [0.4, 0.5) is 18.9 Å². The van der Waals surface area contributed by atoms with Crippen molar-refractivity contribution in [3.8, 4) is 5.69 Å². The number of carbonyl (C=O) groups excluding carboxylic acids is 1. The van der Waals surface area contributed by atoms with E-state index in [0.29, 0.717) is 18.8 Å². The molecule has 0 aliphatic carbocycles. The molecule has 1 fully saturated rings. The average Bonchev–Trinajstić information content (AvgIpc) is 3.30. The van der Waals surface area contributed by atoms with E-state index in [1.165, 1.54) is 23.4 Å². The summed E-state index contributed by atoms with van der Waals surface area (Å²) >= 11 is 0. The lowest BCUT2D eigenvalue weighted by Crippen LogP contribution is -2.48. The van der Waals surface area contributed by atoms with Crippen LogP contribution in [0.1, 0.15) is 11.3 Å². The third-order valence-electron chi connectivity index (χ3n) is 5.21. The Balaban J connectivity index is 1.38. The molecule has 0 atom stereocenters. The van der Waals surface area contributed by atoms with Gasteiger partial charge in [0.05, 0.1) is 29.2 Å². The fourth-order valence-electron chi connectivity index (χ4n) is 3.56. The van der Waals surface area contributed by atoms with Crippen molar-refractivity contribution in [1.29, 1.82) is 0 Å². The maximum absolute atomic E-state index is 13.2. The number of piperazine rings is 1. The molecule has 0 spiro atoms. The number of rotatable bonds is 6. The van der Waals surface area contributed by atoms with E-state index in [1.807, 2.05) is 23.1 Å². The summed E-state index contributed by atoms with van der Waals surface area (Å²) in [4.78, 5) is 25.0. The summed E-state index contributed by atoms with van der Waals surface area (Å²) in [5.41, 5.74) is 0.483. The summed E-state index contributed by atoms with van der Waals surface area (Å²) in [7, 11) is 0. The summed E-state index contributed by atoms with van der Waals surface area (Å²) in [5.74, 6) is -0.385. The van der Waals surface area contributed by atoms with Gasteiger partial charge in [0.1, 0.15) is 12.7 Å². The number of alkyl halides is 3. The van der Waals surface area contributed by atoms with Crippen molar-refractivity contribution in [3.63, 3.8) is 0 Å². The lowest BCUT2D eigenvalue weighted by Gasteiger charge is -2.34. The monoisotopic (exact) mass is 445 g/mol. The highest BCUT2D eigenvalue weighted by Gasteiger charge is 2.31. The predicted octanol–water partition coefficient (Wildman–Crippen LogP) is 2.44. The molecule has 1 saturated heterocycles. The third kappa shape index (κ3) is 5.48. The van der Waals surface area contributed by atoms with E-state index in [-0.39, 0.29) is 18.1 Å². The van der Waals surface area contributed by atoms with Crippen LogP contribution < -0.4 is 5.32 Å². The minimum atomic E-state index is -4.52. The largest absolute Gasteiger partial charge is 0.416 e. The van der Waals surface area contributed by atoms with Crippen LogP contribution in [0.15, 0.2) is 55.2 Å². The molecular weight excluding hydrogens is 423 g/mol. The van der Waals surface area contributed by atoms with Crippen LogP contribution in [0.25, 0.3) is 5.69 Å². The fourth-order valence-corrected chi connectivity index (χ4v) is 3.56. The molecule has 0 unspecified atom stereocenters.